The Morgan fingerprint density at radius 2 is 2.00 bits per heavy atom. The number of halogens is 3. The highest BCUT2D eigenvalue weighted by Gasteiger charge is 2.43. The van der Waals surface area contributed by atoms with Crippen LogP contribution < -0.4 is 15.1 Å². The molecule has 1 aromatic carbocycles. The SMILES string of the molecule is COCC1=CN2c3ccc(C(F)(F)F)cc3N(c3cccnc3C)C(=O)C2N1. The maximum absolute atomic E-state index is 13.3. The predicted octanol–water partition coefficient (Wildman–Crippen LogP) is 3.31. The van der Waals surface area contributed by atoms with Crippen molar-refractivity contribution in [3.63, 3.8) is 0 Å². The molecule has 28 heavy (non-hydrogen) atoms. The Labute approximate surface area is 159 Å². The molecule has 9 heteroatoms. The van der Waals surface area contributed by atoms with E-state index in [1.165, 1.54) is 18.1 Å². The Bertz CT molecular complexity index is 974. The van der Waals surface area contributed by atoms with Crippen molar-refractivity contribution >= 4 is 23.0 Å². The number of hydrogen-bond donors (Lipinski definition) is 1. The molecule has 0 saturated carbocycles. The Morgan fingerprint density at radius 3 is 2.68 bits per heavy atom. The fraction of sp³-hybridized carbons (Fsp3) is 0.263. The molecular formula is C19H17F3N4O2. The van der Waals surface area contributed by atoms with Gasteiger partial charge in [-0.15, -0.1) is 0 Å². The fourth-order valence-electron chi connectivity index (χ4n) is 3.45. The van der Waals surface area contributed by atoms with Crippen LogP contribution in [0.5, 0.6) is 0 Å². The van der Waals surface area contributed by atoms with Crippen LogP contribution in [-0.4, -0.2) is 30.8 Å². The van der Waals surface area contributed by atoms with Gasteiger partial charge in [0.15, 0.2) is 6.17 Å². The van der Waals surface area contributed by atoms with E-state index in [-0.39, 0.29) is 12.3 Å². The summed E-state index contributed by atoms with van der Waals surface area (Å²) in [5.41, 5.74) is 1.46. The highest BCUT2D eigenvalue weighted by Crippen LogP contribution is 2.45. The van der Waals surface area contributed by atoms with Crippen molar-refractivity contribution in [2.75, 3.05) is 23.5 Å². The largest absolute Gasteiger partial charge is 0.416 e. The van der Waals surface area contributed by atoms with Gasteiger partial charge in [-0.2, -0.15) is 13.2 Å². The summed E-state index contributed by atoms with van der Waals surface area (Å²) in [6, 6.07) is 6.70. The van der Waals surface area contributed by atoms with Gasteiger partial charge in [-0.1, -0.05) is 0 Å². The number of aromatic nitrogens is 1. The van der Waals surface area contributed by atoms with Gasteiger partial charge in [0.2, 0.25) is 0 Å². The zero-order chi connectivity index (χ0) is 20.1. The van der Waals surface area contributed by atoms with Crippen LogP contribution in [0.15, 0.2) is 48.4 Å². The summed E-state index contributed by atoms with van der Waals surface area (Å²) >= 11 is 0. The van der Waals surface area contributed by atoms with Gasteiger partial charge in [-0.05, 0) is 37.3 Å². The first kappa shape index (κ1) is 18.3. The molecule has 0 saturated heterocycles. The zero-order valence-corrected chi connectivity index (χ0v) is 15.1. The number of aryl methyl sites for hydroxylation is 1. The van der Waals surface area contributed by atoms with Crippen LogP contribution >= 0.6 is 0 Å². The van der Waals surface area contributed by atoms with Gasteiger partial charge in [0.05, 0.1) is 40.6 Å². The van der Waals surface area contributed by atoms with E-state index < -0.39 is 23.8 Å². The number of carbonyl (C=O) groups is 1. The lowest BCUT2D eigenvalue weighted by atomic mass is 10.1. The molecule has 1 unspecified atom stereocenters. The molecule has 0 radical (unpaired) electrons. The third-order valence-corrected chi connectivity index (χ3v) is 4.69. The van der Waals surface area contributed by atoms with Crippen molar-refractivity contribution in [2.45, 2.75) is 19.3 Å². The monoisotopic (exact) mass is 390 g/mol. The van der Waals surface area contributed by atoms with Crippen molar-refractivity contribution < 1.29 is 22.7 Å². The molecule has 1 aromatic heterocycles. The molecule has 0 spiro atoms. The van der Waals surface area contributed by atoms with Gasteiger partial charge in [0.25, 0.3) is 5.91 Å². The smallest absolute Gasteiger partial charge is 0.378 e. The quantitative estimate of drug-likeness (QED) is 0.872. The summed E-state index contributed by atoms with van der Waals surface area (Å²) in [6.45, 7) is 1.96. The molecule has 1 amide bonds. The third kappa shape index (κ3) is 2.88. The van der Waals surface area contributed by atoms with Gasteiger partial charge in [-0.3, -0.25) is 14.7 Å². The van der Waals surface area contributed by atoms with Crippen LogP contribution in [-0.2, 0) is 15.7 Å². The summed E-state index contributed by atoms with van der Waals surface area (Å²) < 4.78 is 45.1. The van der Waals surface area contributed by atoms with Crippen molar-refractivity contribution in [1.29, 1.82) is 0 Å². The van der Waals surface area contributed by atoms with Gasteiger partial charge in [-0.25, -0.2) is 0 Å². The minimum atomic E-state index is -4.52. The Hall–Kier alpha value is -3.07. The maximum atomic E-state index is 13.3. The van der Waals surface area contributed by atoms with Gasteiger partial charge in [0.1, 0.15) is 0 Å². The summed E-state index contributed by atoms with van der Waals surface area (Å²) in [5.74, 6) is -0.398. The molecule has 1 atom stereocenters. The number of methoxy groups -OCH3 is 1. The number of rotatable bonds is 3. The van der Waals surface area contributed by atoms with Crippen LogP contribution in [0, 0.1) is 6.92 Å². The molecule has 0 aliphatic carbocycles. The lowest BCUT2D eigenvalue weighted by molar-refractivity contribution is -0.137. The average Bonchev–Trinajstić information content (AvgIpc) is 3.07. The predicted molar refractivity (Wildman–Crippen MR) is 96.9 cm³/mol. The van der Waals surface area contributed by atoms with E-state index in [1.807, 2.05) is 0 Å². The standard InChI is InChI=1S/C19H17F3N4O2/c1-11-14(4-3-7-23-11)26-16-8-12(19(20,21)22)5-6-15(16)25-9-13(10-28-2)24-17(25)18(26)27/h3-9,17,24H,10H2,1-2H3. The second kappa shape index (κ2) is 6.52. The van der Waals surface area contributed by atoms with Crippen LogP contribution in [0.4, 0.5) is 30.2 Å². The van der Waals surface area contributed by atoms with E-state index in [4.69, 9.17) is 4.74 Å². The number of benzene rings is 1. The van der Waals surface area contributed by atoms with Gasteiger partial charge >= 0.3 is 6.18 Å². The number of hydrogen-bond acceptors (Lipinski definition) is 5. The van der Waals surface area contributed by atoms with Crippen molar-refractivity contribution in [2.24, 2.45) is 0 Å². The van der Waals surface area contributed by atoms with Crippen molar-refractivity contribution in [1.82, 2.24) is 10.3 Å². The molecule has 3 heterocycles. The first-order chi connectivity index (χ1) is 13.3. The Morgan fingerprint density at radius 1 is 1.21 bits per heavy atom. The van der Waals surface area contributed by atoms with E-state index in [9.17, 15) is 18.0 Å². The first-order valence-corrected chi connectivity index (χ1v) is 8.52. The van der Waals surface area contributed by atoms with Gasteiger partial charge in [0, 0.05) is 19.5 Å². The van der Waals surface area contributed by atoms with Crippen molar-refractivity contribution in [3.8, 4) is 0 Å². The number of nitrogens with zero attached hydrogens (tertiary/aromatic N) is 3. The average molecular weight is 390 g/mol. The van der Waals surface area contributed by atoms with E-state index in [0.29, 0.717) is 22.8 Å². The van der Waals surface area contributed by atoms with Crippen molar-refractivity contribution in [3.05, 3.63) is 59.7 Å². The number of ether oxygens (including phenoxy) is 1. The summed E-state index contributed by atoms with van der Waals surface area (Å²) in [6.07, 6.45) is -2.04. The molecule has 1 N–H and O–H groups in total. The number of carbonyl (C=O) groups excluding carboxylic acids is 1. The molecule has 6 nitrogen and oxygen atoms in total. The fourth-order valence-corrected chi connectivity index (χ4v) is 3.45. The first-order valence-electron chi connectivity index (χ1n) is 8.52. The number of anilines is 3. The highest BCUT2D eigenvalue weighted by molar-refractivity contribution is 6.11. The lowest BCUT2D eigenvalue weighted by Gasteiger charge is -2.39. The third-order valence-electron chi connectivity index (χ3n) is 4.69. The highest BCUT2D eigenvalue weighted by atomic mass is 19.4. The summed E-state index contributed by atoms with van der Waals surface area (Å²) in [5, 5.41) is 3.08. The number of fused-ring (bicyclic) bond motifs is 3. The molecule has 146 valence electrons. The second-order valence-electron chi connectivity index (χ2n) is 6.52. The Kier molecular flexibility index (Phi) is 4.26. The number of nitrogens with one attached hydrogen (secondary N) is 1. The summed E-state index contributed by atoms with van der Waals surface area (Å²) in [4.78, 5) is 20.4. The molecule has 0 fully saturated rings. The Balaban J connectivity index is 1.90. The van der Waals surface area contributed by atoms with E-state index in [0.717, 1.165) is 12.1 Å². The van der Waals surface area contributed by atoms with E-state index >= 15 is 0 Å². The van der Waals surface area contributed by atoms with Crippen LogP contribution in [0.1, 0.15) is 11.3 Å². The van der Waals surface area contributed by atoms with Gasteiger partial charge < -0.3 is 15.0 Å². The lowest BCUT2D eigenvalue weighted by Crippen LogP contribution is -2.53. The summed E-state index contributed by atoms with van der Waals surface area (Å²) in [7, 11) is 1.52. The zero-order valence-electron chi connectivity index (χ0n) is 15.1. The van der Waals surface area contributed by atoms with Crippen LogP contribution in [0.2, 0.25) is 0 Å². The van der Waals surface area contributed by atoms with Crippen LogP contribution in [0.3, 0.4) is 0 Å². The number of alkyl halides is 3. The molecule has 4 rings (SSSR count). The maximum Gasteiger partial charge on any atom is 0.416 e. The van der Waals surface area contributed by atoms with E-state index in [2.05, 4.69) is 10.3 Å². The minimum absolute atomic E-state index is 0.156. The second-order valence-corrected chi connectivity index (χ2v) is 6.52. The normalized spacial score (nSPS) is 18.5. The van der Waals surface area contributed by atoms with E-state index in [1.54, 1.807) is 36.4 Å². The van der Waals surface area contributed by atoms with Crippen LogP contribution in [0.25, 0.3) is 0 Å². The molecule has 2 aliphatic heterocycles. The number of pyridine rings is 1. The molecule has 0 bridgehead atoms. The number of amides is 1. The molecule has 2 aromatic rings. The molecule has 2 aliphatic rings. The molecular weight excluding hydrogens is 373 g/mol. The minimum Gasteiger partial charge on any atom is -0.378 e. The topological polar surface area (TPSA) is 57.7 Å².